The van der Waals surface area contributed by atoms with Crippen LogP contribution in [0.4, 0.5) is 0 Å². The molecule has 16 heavy (non-hydrogen) atoms. The predicted molar refractivity (Wildman–Crippen MR) is 61.0 cm³/mol. The molecule has 3 atom stereocenters. The number of rotatable bonds is 3. The van der Waals surface area contributed by atoms with Gasteiger partial charge in [-0.25, -0.2) is 0 Å². The number of benzene rings is 1. The molecule has 0 bridgehead atoms. The van der Waals surface area contributed by atoms with Crippen molar-refractivity contribution in [3.63, 3.8) is 0 Å². The molecule has 1 heterocycles. The van der Waals surface area contributed by atoms with E-state index in [9.17, 15) is 10.2 Å². The highest BCUT2D eigenvalue weighted by Gasteiger charge is 2.26. The Morgan fingerprint density at radius 2 is 2.06 bits per heavy atom. The highest BCUT2D eigenvalue weighted by atomic mass is 16.5. The summed E-state index contributed by atoms with van der Waals surface area (Å²) in [4.78, 5) is 0. The minimum absolute atomic E-state index is 0.0453. The van der Waals surface area contributed by atoms with Gasteiger partial charge in [-0.05, 0) is 18.4 Å². The third-order valence-corrected chi connectivity index (χ3v) is 3.14. The average Bonchev–Trinajstić information content (AvgIpc) is 2.33. The molecular weight excluding hydrogens is 204 g/mol. The van der Waals surface area contributed by atoms with Crippen LogP contribution in [-0.4, -0.2) is 29.5 Å². The van der Waals surface area contributed by atoms with Gasteiger partial charge in [-0.1, -0.05) is 30.3 Å². The second-order valence-corrected chi connectivity index (χ2v) is 4.35. The Morgan fingerprint density at radius 3 is 2.75 bits per heavy atom. The lowest BCUT2D eigenvalue weighted by molar-refractivity contribution is -0.0520. The van der Waals surface area contributed by atoms with Gasteiger partial charge in [0.15, 0.2) is 0 Å². The lowest BCUT2D eigenvalue weighted by atomic mass is 9.90. The Kier molecular flexibility index (Phi) is 3.93. The van der Waals surface area contributed by atoms with Gasteiger partial charge >= 0.3 is 0 Å². The molecule has 0 aliphatic carbocycles. The number of hydrogen-bond acceptors (Lipinski definition) is 3. The lowest BCUT2D eigenvalue weighted by Gasteiger charge is -2.29. The van der Waals surface area contributed by atoms with Crippen molar-refractivity contribution < 1.29 is 14.9 Å². The van der Waals surface area contributed by atoms with Crippen molar-refractivity contribution in [2.45, 2.75) is 25.0 Å². The lowest BCUT2D eigenvalue weighted by Crippen LogP contribution is -2.32. The van der Waals surface area contributed by atoms with Crippen molar-refractivity contribution in [2.24, 2.45) is 5.92 Å². The molecule has 0 aromatic heterocycles. The van der Waals surface area contributed by atoms with Crippen LogP contribution in [0.1, 0.15) is 24.5 Å². The third kappa shape index (κ3) is 2.82. The van der Waals surface area contributed by atoms with E-state index < -0.39 is 6.10 Å². The Labute approximate surface area is 95.7 Å². The number of aliphatic hydroxyl groups is 2. The summed E-state index contributed by atoms with van der Waals surface area (Å²) >= 11 is 0. The molecule has 1 aromatic carbocycles. The molecule has 1 aliphatic heterocycles. The SMILES string of the molecule is OC(CC1COCCC1O)c1ccccc1. The van der Waals surface area contributed by atoms with Gasteiger partial charge in [-0.2, -0.15) is 0 Å². The van der Waals surface area contributed by atoms with Gasteiger partial charge in [0.2, 0.25) is 0 Å². The van der Waals surface area contributed by atoms with Crippen molar-refractivity contribution in [3.05, 3.63) is 35.9 Å². The zero-order valence-electron chi connectivity index (χ0n) is 9.25. The van der Waals surface area contributed by atoms with Crippen molar-refractivity contribution in [1.82, 2.24) is 0 Å². The Bertz CT molecular complexity index is 312. The first-order valence-corrected chi connectivity index (χ1v) is 5.76. The molecular formula is C13H18O3. The number of hydrogen-bond donors (Lipinski definition) is 2. The van der Waals surface area contributed by atoms with Gasteiger partial charge < -0.3 is 14.9 Å². The van der Waals surface area contributed by atoms with E-state index in [1.165, 1.54) is 0 Å². The van der Waals surface area contributed by atoms with Crippen LogP contribution in [0.25, 0.3) is 0 Å². The fraction of sp³-hybridized carbons (Fsp3) is 0.538. The van der Waals surface area contributed by atoms with E-state index in [0.29, 0.717) is 26.1 Å². The van der Waals surface area contributed by atoms with Gasteiger partial charge in [-0.3, -0.25) is 0 Å². The summed E-state index contributed by atoms with van der Waals surface area (Å²) in [5, 5.41) is 19.8. The van der Waals surface area contributed by atoms with Crippen LogP contribution in [0, 0.1) is 5.92 Å². The standard InChI is InChI=1S/C13H18O3/c14-12-6-7-16-9-11(12)8-13(15)10-4-2-1-3-5-10/h1-5,11-15H,6-9H2. The maximum absolute atomic E-state index is 10.0. The summed E-state index contributed by atoms with van der Waals surface area (Å²) < 4.78 is 5.32. The molecule has 3 heteroatoms. The fourth-order valence-electron chi connectivity index (χ4n) is 2.11. The monoisotopic (exact) mass is 222 g/mol. The Balaban J connectivity index is 1.94. The first kappa shape index (κ1) is 11.6. The van der Waals surface area contributed by atoms with Crippen LogP contribution >= 0.6 is 0 Å². The maximum atomic E-state index is 10.0. The zero-order chi connectivity index (χ0) is 11.4. The third-order valence-electron chi connectivity index (χ3n) is 3.14. The Hall–Kier alpha value is -0.900. The first-order valence-electron chi connectivity index (χ1n) is 5.76. The zero-order valence-corrected chi connectivity index (χ0v) is 9.25. The second kappa shape index (κ2) is 5.43. The van der Waals surface area contributed by atoms with E-state index in [2.05, 4.69) is 0 Å². The van der Waals surface area contributed by atoms with Crippen LogP contribution in [0.3, 0.4) is 0 Å². The van der Waals surface area contributed by atoms with Crippen molar-refractivity contribution in [3.8, 4) is 0 Å². The number of ether oxygens (including phenoxy) is 1. The van der Waals surface area contributed by atoms with Gasteiger partial charge in [0.05, 0.1) is 18.8 Å². The highest BCUT2D eigenvalue weighted by molar-refractivity contribution is 5.17. The smallest absolute Gasteiger partial charge is 0.0794 e. The molecule has 0 amide bonds. The average molecular weight is 222 g/mol. The van der Waals surface area contributed by atoms with Crippen LogP contribution in [0.15, 0.2) is 30.3 Å². The van der Waals surface area contributed by atoms with Crippen molar-refractivity contribution in [1.29, 1.82) is 0 Å². The quantitative estimate of drug-likeness (QED) is 0.815. The van der Waals surface area contributed by atoms with Crippen LogP contribution in [0.2, 0.25) is 0 Å². The molecule has 88 valence electrons. The Morgan fingerprint density at radius 1 is 1.31 bits per heavy atom. The van der Waals surface area contributed by atoms with Crippen LogP contribution < -0.4 is 0 Å². The van der Waals surface area contributed by atoms with Gasteiger partial charge in [0.25, 0.3) is 0 Å². The molecule has 0 spiro atoms. The minimum Gasteiger partial charge on any atom is -0.393 e. The fourth-order valence-corrected chi connectivity index (χ4v) is 2.11. The molecule has 1 aliphatic rings. The molecule has 0 saturated carbocycles. The molecule has 2 rings (SSSR count). The van der Waals surface area contributed by atoms with Crippen LogP contribution in [-0.2, 0) is 4.74 Å². The summed E-state index contributed by atoms with van der Waals surface area (Å²) in [5.41, 5.74) is 0.903. The van der Waals surface area contributed by atoms with Crippen molar-refractivity contribution >= 4 is 0 Å². The van der Waals surface area contributed by atoms with E-state index >= 15 is 0 Å². The normalized spacial score (nSPS) is 27.6. The molecule has 2 N–H and O–H groups in total. The predicted octanol–water partition coefficient (Wildman–Crippen LogP) is 1.51. The van der Waals surface area contributed by atoms with E-state index in [0.717, 1.165) is 5.56 Å². The first-order chi connectivity index (χ1) is 7.77. The summed E-state index contributed by atoms with van der Waals surface area (Å²) in [6, 6.07) is 9.55. The molecule has 1 saturated heterocycles. The summed E-state index contributed by atoms with van der Waals surface area (Å²) in [5.74, 6) is 0.0453. The second-order valence-electron chi connectivity index (χ2n) is 4.35. The largest absolute Gasteiger partial charge is 0.393 e. The maximum Gasteiger partial charge on any atom is 0.0794 e. The minimum atomic E-state index is -0.512. The van der Waals surface area contributed by atoms with Crippen LogP contribution in [0.5, 0.6) is 0 Å². The molecule has 0 radical (unpaired) electrons. The number of aliphatic hydroxyl groups excluding tert-OH is 2. The van der Waals surface area contributed by atoms with Gasteiger partial charge in [0.1, 0.15) is 0 Å². The van der Waals surface area contributed by atoms with E-state index in [1.54, 1.807) is 0 Å². The highest BCUT2D eigenvalue weighted by Crippen LogP contribution is 2.26. The summed E-state index contributed by atoms with van der Waals surface area (Å²) in [7, 11) is 0. The molecule has 1 fully saturated rings. The summed E-state index contributed by atoms with van der Waals surface area (Å²) in [6.45, 7) is 1.17. The van der Waals surface area contributed by atoms with E-state index in [-0.39, 0.29) is 12.0 Å². The van der Waals surface area contributed by atoms with Gasteiger partial charge in [0, 0.05) is 12.5 Å². The topological polar surface area (TPSA) is 49.7 Å². The molecule has 1 aromatic rings. The van der Waals surface area contributed by atoms with Crippen molar-refractivity contribution in [2.75, 3.05) is 13.2 Å². The van der Waals surface area contributed by atoms with E-state index in [4.69, 9.17) is 4.74 Å². The van der Waals surface area contributed by atoms with Gasteiger partial charge in [-0.15, -0.1) is 0 Å². The van der Waals surface area contributed by atoms with E-state index in [1.807, 2.05) is 30.3 Å². The molecule has 3 unspecified atom stereocenters. The summed E-state index contributed by atoms with van der Waals surface area (Å²) in [6.07, 6.45) is 0.381. The molecule has 3 nitrogen and oxygen atoms in total.